The van der Waals surface area contributed by atoms with Crippen LogP contribution in [0.1, 0.15) is 51.2 Å². The molecule has 1 fully saturated rings. The van der Waals surface area contributed by atoms with E-state index in [1.807, 2.05) is 30.3 Å². The van der Waals surface area contributed by atoms with E-state index in [4.69, 9.17) is 4.74 Å². The van der Waals surface area contributed by atoms with Crippen LogP contribution in [0.15, 0.2) is 30.3 Å². The highest BCUT2D eigenvalue weighted by atomic mass is 16.5. The van der Waals surface area contributed by atoms with Crippen LogP contribution in [0.4, 0.5) is 0 Å². The van der Waals surface area contributed by atoms with Gasteiger partial charge in [0.15, 0.2) is 0 Å². The second-order valence-corrected chi connectivity index (χ2v) is 6.05. The van der Waals surface area contributed by atoms with Gasteiger partial charge in [0.1, 0.15) is 6.10 Å². The average Bonchev–Trinajstić information content (AvgIpc) is 2.92. The van der Waals surface area contributed by atoms with Crippen molar-refractivity contribution in [3.63, 3.8) is 0 Å². The highest BCUT2D eigenvalue weighted by molar-refractivity contribution is 5.18. The number of aliphatic hydroxyl groups excluding tert-OH is 1. The first-order valence-corrected chi connectivity index (χ1v) is 7.53. The van der Waals surface area contributed by atoms with Crippen LogP contribution >= 0.6 is 0 Å². The van der Waals surface area contributed by atoms with E-state index in [0.717, 1.165) is 12.2 Å². The third-order valence-corrected chi connectivity index (χ3v) is 4.11. The molecular formula is C17H26O2. The van der Waals surface area contributed by atoms with Gasteiger partial charge < -0.3 is 9.84 Å². The summed E-state index contributed by atoms with van der Waals surface area (Å²) in [5.74, 6) is 1.01. The minimum Gasteiger partial charge on any atom is -0.386 e. The first kappa shape index (κ1) is 14.5. The van der Waals surface area contributed by atoms with Crippen LogP contribution in [0.3, 0.4) is 0 Å². The molecule has 2 rings (SSSR count). The SMILES string of the molecule is CC(C)C(OCC1CCCC1)C(O)c1ccccc1. The molecular weight excluding hydrogens is 236 g/mol. The van der Waals surface area contributed by atoms with E-state index in [9.17, 15) is 5.11 Å². The molecule has 2 nitrogen and oxygen atoms in total. The Morgan fingerprint density at radius 3 is 2.37 bits per heavy atom. The summed E-state index contributed by atoms with van der Waals surface area (Å²) in [5.41, 5.74) is 0.952. The quantitative estimate of drug-likeness (QED) is 0.841. The van der Waals surface area contributed by atoms with E-state index in [0.29, 0.717) is 11.8 Å². The number of aliphatic hydroxyl groups is 1. The monoisotopic (exact) mass is 262 g/mol. The van der Waals surface area contributed by atoms with Gasteiger partial charge in [-0.05, 0) is 30.2 Å². The Hall–Kier alpha value is -0.860. The van der Waals surface area contributed by atoms with E-state index in [1.165, 1.54) is 25.7 Å². The fourth-order valence-electron chi connectivity index (χ4n) is 2.91. The largest absolute Gasteiger partial charge is 0.386 e. The molecule has 0 heterocycles. The molecule has 0 radical (unpaired) electrons. The van der Waals surface area contributed by atoms with E-state index < -0.39 is 6.10 Å². The van der Waals surface area contributed by atoms with Gasteiger partial charge in [0.2, 0.25) is 0 Å². The van der Waals surface area contributed by atoms with E-state index in [1.54, 1.807) is 0 Å². The first-order valence-electron chi connectivity index (χ1n) is 7.53. The van der Waals surface area contributed by atoms with E-state index in [2.05, 4.69) is 13.8 Å². The highest BCUT2D eigenvalue weighted by Crippen LogP contribution is 2.29. The number of hydrogen-bond acceptors (Lipinski definition) is 2. The van der Waals surface area contributed by atoms with Crippen LogP contribution in [-0.4, -0.2) is 17.8 Å². The molecule has 0 bridgehead atoms. The fraction of sp³-hybridized carbons (Fsp3) is 0.647. The van der Waals surface area contributed by atoms with Gasteiger partial charge in [0.25, 0.3) is 0 Å². The van der Waals surface area contributed by atoms with Crippen molar-refractivity contribution in [2.75, 3.05) is 6.61 Å². The number of rotatable bonds is 6. The normalized spacial score (nSPS) is 19.8. The molecule has 2 heteroatoms. The van der Waals surface area contributed by atoms with E-state index in [-0.39, 0.29) is 6.10 Å². The Labute approximate surface area is 116 Å². The molecule has 0 saturated heterocycles. The van der Waals surface area contributed by atoms with Crippen molar-refractivity contribution >= 4 is 0 Å². The Bertz CT molecular complexity index is 355. The van der Waals surface area contributed by atoms with Crippen molar-refractivity contribution in [1.29, 1.82) is 0 Å². The lowest BCUT2D eigenvalue weighted by atomic mass is 9.95. The third kappa shape index (κ3) is 4.05. The highest BCUT2D eigenvalue weighted by Gasteiger charge is 2.26. The Kier molecular flexibility index (Phi) is 5.41. The summed E-state index contributed by atoms with van der Waals surface area (Å²) in [4.78, 5) is 0. The average molecular weight is 262 g/mol. The van der Waals surface area contributed by atoms with Crippen LogP contribution in [-0.2, 0) is 4.74 Å². The lowest BCUT2D eigenvalue weighted by Gasteiger charge is -2.28. The summed E-state index contributed by atoms with van der Waals surface area (Å²) < 4.78 is 6.05. The molecule has 0 spiro atoms. The summed E-state index contributed by atoms with van der Waals surface area (Å²) in [6.45, 7) is 5.03. The molecule has 1 aromatic rings. The summed E-state index contributed by atoms with van der Waals surface area (Å²) in [7, 11) is 0. The summed E-state index contributed by atoms with van der Waals surface area (Å²) in [6.07, 6.45) is 4.60. The zero-order chi connectivity index (χ0) is 13.7. The minimum absolute atomic E-state index is 0.108. The maximum Gasteiger partial charge on any atom is 0.105 e. The molecule has 19 heavy (non-hydrogen) atoms. The molecule has 1 aliphatic carbocycles. The molecule has 0 aliphatic heterocycles. The van der Waals surface area contributed by atoms with Crippen LogP contribution in [0.2, 0.25) is 0 Å². The Balaban J connectivity index is 1.94. The van der Waals surface area contributed by atoms with Gasteiger partial charge in [-0.3, -0.25) is 0 Å². The number of ether oxygens (including phenoxy) is 1. The van der Waals surface area contributed by atoms with Crippen LogP contribution in [0, 0.1) is 11.8 Å². The van der Waals surface area contributed by atoms with Crippen molar-refractivity contribution in [2.45, 2.75) is 51.7 Å². The molecule has 106 valence electrons. The second kappa shape index (κ2) is 7.06. The maximum absolute atomic E-state index is 10.5. The predicted molar refractivity (Wildman–Crippen MR) is 77.9 cm³/mol. The standard InChI is InChI=1S/C17H26O2/c1-13(2)17(19-12-14-8-6-7-9-14)16(18)15-10-4-3-5-11-15/h3-5,10-11,13-14,16-18H,6-9,12H2,1-2H3. The molecule has 0 amide bonds. The maximum atomic E-state index is 10.5. The zero-order valence-corrected chi connectivity index (χ0v) is 12.1. The molecule has 2 unspecified atom stereocenters. The molecule has 1 saturated carbocycles. The van der Waals surface area contributed by atoms with Gasteiger partial charge >= 0.3 is 0 Å². The number of benzene rings is 1. The van der Waals surface area contributed by atoms with Crippen molar-refractivity contribution in [1.82, 2.24) is 0 Å². The summed E-state index contributed by atoms with van der Waals surface area (Å²) >= 11 is 0. The molecule has 1 N–H and O–H groups in total. The van der Waals surface area contributed by atoms with Gasteiger partial charge in [-0.1, -0.05) is 57.0 Å². The fourth-order valence-corrected chi connectivity index (χ4v) is 2.91. The second-order valence-electron chi connectivity index (χ2n) is 6.05. The zero-order valence-electron chi connectivity index (χ0n) is 12.1. The van der Waals surface area contributed by atoms with Crippen LogP contribution < -0.4 is 0 Å². The summed E-state index contributed by atoms with van der Waals surface area (Å²) in [6, 6.07) is 9.84. The lowest BCUT2D eigenvalue weighted by Crippen LogP contribution is -2.29. The Morgan fingerprint density at radius 2 is 1.79 bits per heavy atom. The Morgan fingerprint density at radius 1 is 1.16 bits per heavy atom. The van der Waals surface area contributed by atoms with E-state index >= 15 is 0 Å². The molecule has 1 aliphatic rings. The van der Waals surface area contributed by atoms with Gasteiger partial charge in [-0.15, -0.1) is 0 Å². The molecule has 1 aromatic carbocycles. The van der Waals surface area contributed by atoms with Gasteiger partial charge in [0, 0.05) is 6.61 Å². The smallest absolute Gasteiger partial charge is 0.105 e. The summed E-state index contributed by atoms with van der Waals surface area (Å²) in [5, 5.41) is 10.5. The third-order valence-electron chi connectivity index (χ3n) is 4.11. The molecule has 2 atom stereocenters. The van der Waals surface area contributed by atoms with Gasteiger partial charge in [0.05, 0.1) is 6.10 Å². The minimum atomic E-state index is -0.525. The van der Waals surface area contributed by atoms with Crippen molar-refractivity contribution < 1.29 is 9.84 Å². The van der Waals surface area contributed by atoms with Gasteiger partial charge in [-0.25, -0.2) is 0 Å². The topological polar surface area (TPSA) is 29.5 Å². The lowest BCUT2D eigenvalue weighted by molar-refractivity contribution is -0.0733. The van der Waals surface area contributed by atoms with Crippen LogP contribution in [0.5, 0.6) is 0 Å². The predicted octanol–water partition coefficient (Wildman–Crippen LogP) is 3.95. The van der Waals surface area contributed by atoms with Crippen molar-refractivity contribution in [3.05, 3.63) is 35.9 Å². The first-order chi connectivity index (χ1) is 9.18. The van der Waals surface area contributed by atoms with Gasteiger partial charge in [-0.2, -0.15) is 0 Å². The number of hydrogen-bond donors (Lipinski definition) is 1. The van der Waals surface area contributed by atoms with Crippen molar-refractivity contribution in [3.8, 4) is 0 Å². The van der Waals surface area contributed by atoms with Crippen LogP contribution in [0.25, 0.3) is 0 Å². The molecule has 0 aromatic heterocycles. The van der Waals surface area contributed by atoms with Crippen molar-refractivity contribution in [2.24, 2.45) is 11.8 Å².